The van der Waals surface area contributed by atoms with Crippen LogP contribution in [-0.2, 0) is 14.3 Å². The van der Waals surface area contributed by atoms with Crippen molar-refractivity contribution in [1.29, 1.82) is 0 Å². The Labute approximate surface area is 177 Å². The Balaban J connectivity index is 0.000000339. The number of amides is 2. The van der Waals surface area contributed by atoms with E-state index in [1.54, 1.807) is 24.5 Å². The minimum Gasteiger partial charge on any atom is -0.475 e. The van der Waals surface area contributed by atoms with Crippen LogP contribution in [0.1, 0.15) is 36.0 Å². The number of aliphatic carboxylic acids is 1. The Kier molecular flexibility index (Phi) is 7.14. The lowest BCUT2D eigenvalue weighted by Crippen LogP contribution is -2.55. The fourth-order valence-corrected chi connectivity index (χ4v) is 4.22. The minimum atomic E-state index is -5.08. The van der Waals surface area contributed by atoms with Crippen LogP contribution in [0.4, 0.5) is 13.2 Å². The molecule has 3 atom stereocenters. The van der Waals surface area contributed by atoms with Crippen LogP contribution in [-0.4, -0.2) is 82.2 Å². The highest BCUT2D eigenvalue weighted by molar-refractivity contribution is 5.95. The van der Waals surface area contributed by atoms with E-state index in [4.69, 9.17) is 14.6 Å². The van der Waals surface area contributed by atoms with E-state index < -0.39 is 12.1 Å². The molecule has 8 nitrogen and oxygen atoms in total. The van der Waals surface area contributed by atoms with Gasteiger partial charge in [0.15, 0.2) is 0 Å². The summed E-state index contributed by atoms with van der Waals surface area (Å²) >= 11 is 0. The topological polar surface area (TPSA) is 100 Å². The lowest BCUT2D eigenvalue weighted by atomic mass is 9.88. The Morgan fingerprint density at radius 3 is 2.32 bits per heavy atom. The summed E-state index contributed by atoms with van der Waals surface area (Å²) in [4.78, 5) is 42.5. The van der Waals surface area contributed by atoms with Crippen LogP contribution >= 0.6 is 0 Å². The molecule has 3 aliphatic heterocycles. The van der Waals surface area contributed by atoms with E-state index in [2.05, 4.69) is 4.98 Å². The summed E-state index contributed by atoms with van der Waals surface area (Å²) in [5, 5.41) is 7.12. The monoisotopic (exact) mass is 443 g/mol. The third kappa shape index (κ3) is 5.52. The summed E-state index contributed by atoms with van der Waals surface area (Å²) < 4.78 is 37.6. The van der Waals surface area contributed by atoms with Gasteiger partial charge < -0.3 is 19.6 Å². The number of hydrogen-bond acceptors (Lipinski definition) is 5. The van der Waals surface area contributed by atoms with Crippen LogP contribution < -0.4 is 0 Å². The second-order valence-electron chi connectivity index (χ2n) is 7.73. The quantitative estimate of drug-likeness (QED) is 0.750. The number of likely N-dealkylation sites (tertiary alicyclic amines) is 2. The fraction of sp³-hybridized carbons (Fsp3) is 0.600. The Morgan fingerprint density at radius 2 is 1.74 bits per heavy atom. The Morgan fingerprint density at radius 1 is 1.13 bits per heavy atom. The number of fused-ring (bicyclic) bond motifs is 1. The van der Waals surface area contributed by atoms with Gasteiger partial charge in [-0.3, -0.25) is 14.6 Å². The van der Waals surface area contributed by atoms with E-state index in [1.165, 1.54) is 0 Å². The maximum absolute atomic E-state index is 12.9. The van der Waals surface area contributed by atoms with Gasteiger partial charge in [-0.15, -0.1) is 0 Å². The van der Waals surface area contributed by atoms with Gasteiger partial charge in [0, 0.05) is 44.2 Å². The number of rotatable bonds is 2. The molecular weight excluding hydrogens is 419 g/mol. The van der Waals surface area contributed by atoms with Gasteiger partial charge in [0.05, 0.1) is 18.1 Å². The van der Waals surface area contributed by atoms with Gasteiger partial charge in [0.25, 0.3) is 5.91 Å². The molecule has 1 aromatic rings. The van der Waals surface area contributed by atoms with Crippen molar-refractivity contribution in [3.8, 4) is 0 Å². The number of halogens is 3. The molecule has 2 amide bonds. The molecule has 4 rings (SSSR count). The van der Waals surface area contributed by atoms with E-state index >= 15 is 0 Å². The predicted molar refractivity (Wildman–Crippen MR) is 101 cm³/mol. The second-order valence-corrected chi connectivity index (χ2v) is 7.73. The van der Waals surface area contributed by atoms with Crippen LogP contribution in [0.3, 0.4) is 0 Å². The van der Waals surface area contributed by atoms with Crippen molar-refractivity contribution in [2.45, 2.75) is 44.0 Å². The zero-order valence-corrected chi connectivity index (χ0v) is 16.8. The fourth-order valence-electron chi connectivity index (χ4n) is 4.22. The van der Waals surface area contributed by atoms with E-state index in [9.17, 15) is 22.8 Å². The van der Waals surface area contributed by atoms with Crippen LogP contribution in [0, 0.1) is 5.92 Å². The highest BCUT2D eigenvalue weighted by Gasteiger charge is 2.45. The average Bonchev–Trinajstić information content (AvgIpc) is 3.44. The zero-order valence-electron chi connectivity index (χ0n) is 16.8. The molecule has 170 valence electrons. The molecular formula is C20H24F3N3O5. The van der Waals surface area contributed by atoms with Crippen molar-refractivity contribution >= 4 is 17.8 Å². The molecule has 31 heavy (non-hydrogen) atoms. The van der Waals surface area contributed by atoms with Crippen molar-refractivity contribution in [1.82, 2.24) is 14.8 Å². The van der Waals surface area contributed by atoms with Gasteiger partial charge in [-0.1, -0.05) is 0 Å². The average molecular weight is 443 g/mol. The SMILES string of the molecule is O=C(O)C(F)(F)F.O=C([C@H]1C[C@H]2OCC[C@H]2N(C(=O)c2ccncc2)C1)N1CCCC1. The van der Waals surface area contributed by atoms with Crippen LogP contribution in [0.5, 0.6) is 0 Å². The van der Waals surface area contributed by atoms with E-state index in [1.807, 2.05) is 9.80 Å². The molecule has 3 aliphatic rings. The molecule has 4 heterocycles. The summed E-state index contributed by atoms with van der Waals surface area (Å²) in [6.07, 6.45) is 1.92. The van der Waals surface area contributed by atoms with Gasteiger partial charge in [-0.05, 0) is 37.8 Å². The summed E-state index contributed by atoms with van der Waals surface area (Å²) in [6, 6.07) is 3.56. The number of ether oxygens (including phenoxy) is 1. The highest BCUT2D eigenvalue weighted by Crippen LogP contribution is 2.33. The van der Waals surface area contributed by atoms with Crippen molar-refractivity contribution in [2.24, 2.45) is 5.92 Å². The number of carboxylic acids is 1. The summed E-state index contributed by atoms with van der Waals surface area (Å²) in [5.41, 5.74) is 0.630. The molecule has 11 heteroatoms. The third-order valence-corrected chi connectivity index (χ3v) is 5.71. The zero-order chi connectivity index (χ0) is 22.6. The Hall–Kier alpha value is -2.69. The standard InChI is InChI=1S/C18H23N3O3.C2HF3O2/c22-17(20-8-1-2-9-20)14-11-16-15(5-10-24-16)21(12-14)18(23)13-3-6-19-7-4-13;3-2(4,5)1(6)7/h3-4,6-7,14-16H,1-2,5,8-12H2;(H,6,7)/t14-,15+,16+;/m0./s1. The van der Waals surface area contributed by atoms with E-state index in [0.717, 1.165) is 38.8 Å². The summed E-state index contributed by atoms with van der Waals surface area (Å²) in [7, 11) is 0. The molecule has 3 saturated heterocycles. The Bertz CT molecular complexity index is 799. The largest absolute Gasteiger partial charge is 0.490 e. The molecule has 0 aliphatic carbocycles. The first-order chi connectivity index (χ1) is 14.7. The number of alkyl halides is 3. The van der Waals surface area contributed by atoms with Crippen LogP contribution in [0.2, 0.25) is 0 Å². The number of carbonyl (C=O) groups excluding carboxylic acids is 2. The first kappa shape index (κ1) is 23.0. The van der Waals surface area contributed by atoms with Gasteiger partial charge in [0.2, 0.25) is 5.91 Å². The highest BCUT2D eigenvalue weighted by atomic mass is 19.4. The molecule has 3 fully saturated rings. The van der Waals surface area contributed by atoms with Gasteiger partial charge in [0.1, 0.15) is 0 Å². The van der Waals surface area contributed by atoms with E-state index in [0.29, 0.717) is 18.7 Å². The number of pyridine rings is 1. The number of nitrogens with zero attached hydrogens (tertiary/aromatic N) is 3. The maximum Gasteiger partial charge on any atom is 0.490 e. The van der Waals surface area contributed by atoms with Gasteiger partial charge in [-0.25, -0.2) is 4.79 Å². The number of carbonyl (C=O) groups is 3. The van der Waals surface area contributed by atoms with Crippen LogP contribution in [0.25, 0.3) is 0 Å². The minimum absolute atomic E-state index is 0.0129. The lowest BCUT2D eigenvalue weighted by molar-refractivity contribution is -0.192. The summed E-state index contributed by atoms with van der Waals surface area (Å²) in [5.74, 6) is -2.73. The smallest absolute Gasteiger partial charge is 0.475 e. The number of aromatic nitrogens is 1. The first-order valence-electron chi connectivity index (χ1n) is 10.1. The van der Waals surface area contributed by atoms with Crippen molar-refractivity contribution in [3.05, 3.63) is 30.1 Å². The van der Waals surface area contributed by atoms with Crippen molar-refractivity contribution < 1.29 is 37.4 Å². The number of carboxylic acid groups (broad SMARTS) is 1. The molecule has 0 bridgehead atoms. The molecule has 1 aromatic heterocycles. The predicted octanol–water partition coefficient (Wildman–Crippen LogP) is 1.96. The van der Waals surface area contributed by atoms with Crippen LogP contribution in [0.15, 0.2) is 24.5 Å². The normalized spacial score (nSPS) is 25.5. The van der Waals surface area contributed by atoms with Gasteiger partial charge in [-0.2, -0.15) is 13.2 Å². The van der Waals surface area contributed by atoms with E-state index in [-0.39, 0.29) is 29.9 Å². The van der Waals surface area contributed by atoms with Gasteiger partial charge >= 0.3 is 12.1 Å². The van der Waals surface area contributed by atoms with Crippen molar-refractivity contribution in [2.75, 3.05) is 26.2 Å². The van der Waals surface area contributed by atoms with Crippen molar-refractivity contribution in [3.63, 3.8) is 0 Å². The molecule has 0 unspecified atom stereocenters. The molecule has 0 spiro atoms. The maximum atomic E-state index is 12.9. The molecule has 1 N–H and O–H groups in total. The number of hydrogen-bond donors (Lipinski definition) is 1. The first-order valence-corrected chi connectivity index (χ1v) is 10.1. The number of piperidine rings is 1. The molecule has 0 saturated carbocycles. The summed E-state index contributed by atoms with van der Waals surface area (Å²) in [6.45, 7) is 2.87. The third-order valence-electron chi connectivity index (χ3n) is 5.71. The molecule has 0 radical (unpaired) electrons. The molecule has 0 aromatic carbocycles. The second kappa shape index (κ2) is 9.63. The lowest BCUT2D eigenvalue weighted by Gasteiger charge is -2.41.